The van der Waals surface area contributed by atoms with Crippen LogP contribution < -0.4 is 9.62 Å². The zero-order chi connectivity index (χ0) is 23.4. The van der Waals surface area contributed by atoms with E-state index in [-0.39, 0.29) is 22.2 Å². The van der Waals surface area contributed by atoms with E-state index in [1.54, 1.807) is 19.3 Å². The van der Waals surface area contributed by atoms with Crippen LogP contribution in [0.25, 0.3) is 16.9 Å². The van der Waals surface area contributed by atoms with E-state index in [1.165, 1.54) is 16.9 Å². The lowest BCUT2D eigenvalue weighted by atomic mass is 10.2. The van der Waals surface area contributed by atoms with Crippen LogP contribution in [-0.2, 0) is 10.0 Å². The number of sulfonamides is 1. The van der Waals surface area contributed by atoms with E-state index in [2.05, 4.69) is 36.8 Å². The van der Waals surface area contributed by atoms with Crippen molar-refractivity contribution >= 4 is 33.0 Å². The van der Waals surface area contributed by atoms with Crippen LogP contribution in [0.1, 0.15) is 26.2 Å². The summed E-state index contributed by atoms with van der Waals surface area (Å²) in [5.41, 5.74) is 2.10. The van der Waals surface area contributed by atoms with Crippen molar-refractivity contribution in [1.29, 1.82) is 0 Å². The van der Waals surface area contributed by atoms with Gasteiger partial charge >= 0.3 is 0 Å². The van der Waals surface area contributed by atoms with Crippen LogP contribution in [0.15, 0.2) is 36.8 Å². The van der Waals surface area contributed by atoms with E-state index in [9.17, 15) is 12.8 Å². The third-order valence-electron chi connectivity index (χ3n) is 5.05. The first-order chi connectivity index (χ1) is 15.9. The minimum Gasteiger partial charge on any atom is -0.368 e. The fourth-order valence-corrected chi connectivity index (χ4v) is 4.98. The molecule has 0 spiro atoms. The van der Waals surface area contributed by atoms with Gasteiger partial charge in [0.05, 0.1) is 34.5 Å². The second-order valence-corrected chi connectivity index (χ2v) is 9.72. The van der Waals surface area contributed by atoms with Crippen LogP contribution in [-0.4, -0.2) is 47.2 Å². The molecule has 1 N–H and O–H groups in total. The van der Waals surface area contributed by atoms with Crippen molar-refractivity contribution < 1.29 is 12.8 Å². The van der Waals surface area contributed by atoms with E-state index < -0.39 is 15.8 Å². The predicted octanol–water partition coefficient (Wildman–Crippen LogP) is 3.88. The average molecular weight is 489 g/mol. The summed E-state index contributed by atoms with van der Waals surface area (Å²) in [5.74, 6) is 5.51. The maximum absolute atomic E-state index is 14.7. The Morgan fingerprint density at radius 2 is 1.97 bits per heavy atom. The van der Waals surface area contributed by atoms with Gasteiger partial charge in [0.2, 0.25) is 10.0 Å². The highest BCUT2D eigenvalue weighted by atomic mass is 35.5. The number of nitrogens with one attached hydrogen (secondary N) is 1. The van der Waals surface area contributed by atoms with Crippen LogP contribution in [0.2, 0.25) is 5.02 Å². The number of hydrogen-bond donors (Lipinski definition) is 1. The minimum atomic E-state index is -3.60. The zero-order valence-electron chi connectivity index (χ0n) is 17.9. The Morgan fingerprint density at radius 1 is 1.21 bits per heavy atom. The smallest absolute Gasteiger partial charge is 0.232 e. The van der Waals surface area contributed by atoms with Crippen molar-refractivity contribution in [3.05, 3.63) is 47.6 Å². The van der Waals surface area contributed by atoms with E-state index in [0.29, 0.717) is 17.7 Å². The predicted molar refractivity (Wildman–Crippen MR) is 126 cm³/mol. The standard InChI is InChI=1S/C22H22ClFN6O2S/c1-2-11-33(31,32)27-19-8-7-18(24)22(21(19)23)30-15-20(26-28-30)16-12-17(14-25-13-16)29-9-5-3-4-6-10-29/h7-8,12-15,27H,2,5-6,9-11H2,1H3. The summed E-state index contributed by atoms with van der Waals surface area (Å²) >= 11 is 6.37. The molecule has 2 aromatic heterocycles. The van der Waals surface area contributed by atoms with Gasteiger partial charge in [0, 0.05) is 37.7 Å². The van der Waals surface area contributed by atoms with Crippen molar-refractivity contribution in [2.75, 3.05) is 28.5 Å². The lowest BCUT2D eigenvalue weighted by molar-refractivity contribution is 0.599. The summed E-state index contributed by atoms with van der Waals surface area (Å²) in [6, 6.07) is 4.36. The molecule has 0 radical (unpaired) electrons. The van der Waals surface area contributed by atoms with Crippen molar-refractivity contribution in [1.82, 2.24) is 20.0 Å². The van der Waals surface area contributed by atoms with Crippen molar-refractivity contribution in [2.45, 2.75) is 26.2 Å². The van der Waals surface area contributed by atoms with Gasteiger partial charge in [-0.1, -0.05) is 23.7 Å². The normalized spacial score (nSPS) is 13.8. The zero-order valence-corrected chi connectivity index (χ0v) is 19.5. The number of benzene rings is 1. The number of anilines is 2. The summed E-state index contributed by atoms with van der Waals surface area (Å²) in [6.07, 6.45) is 6.97. The molecule has 172 valence electrons. The van der Waals surface area contributed by atoms with Crippen LogP contribution in [0.3, 0.4) is 0 Å². The second-order valence-electron chi connectivity index (χ2n) is 7.50. The second kappa shape index (κ2) is 9.77. The lowest BCUT2D eigenvalue weighted by Gasteiger charge is -2.22. The SMILES string of the molecule is CCCS(=O)(=O)Nc1ccc(F)c(-n2cc(-c3cncc(N4CCC#CCC4)c3)nn2)c1Cl. The van der Waals surface area contributed by atoms with Gasteiger partial charge < -0.3 is 4.90 Å². The van der Waals surface area contributed by atoms with E-state index in [1.807, 2.05) is 6.07 Å². The Bertz CT molecular complexity index is 1320. The molecule has 1 aliphatic rings. The average Bonchev–Trinajstić information content (AvgIpc) is 3.10. The molecule has 0 unspecified atom stereocenters. The van der Waals surface area contributed by atoms with Crippen LogP contribution in [0.5, 0.6) is 0 Å². The molecule has 0 amide bonds. The van der Waals surface area contributed by atoms with Crippen LogP contribution in [0, 0.1) is 17.7 Å². The molecule has 0 fully saturated rings. The third kappa shape index (κ3) is 5.26. The maximum Gasteiger partial charge on any atom is 0.232 e. The number of aromatic nitrogens is 4. The van der Waals surface area contributed by atoms with Gasteiger partial charge in [0.1, 0.15) is 11.4 Å². The summed E-state index contributed by atoms with van der Waals surface area (Å²) in [5, 5.41) is 8.06. The summed E-state index contributed by atoms with van der Waals surface area (Å²) < 4.78 is 42.5. The summed E-state index contributed by atoms with van der Waals surface area (Å²) in [4.78, 5) is 6.51. The molecule has 3 aromatic rings. The molecular weight excluding hydrogens is 467 g/mol. The van der Waals surface area contributed by atoms with Crippen LogP contribution in [0.4, 0.5) is 15.8 Å². The van der Waals surface area contributed by atoms with Gasteiger partial charge in [-0.05, 0) is 24.6 Å². The number of pyridine rings is 1. The fraction of sp³-hybridized carbons (Fsp3) is 0.318. The van der Waals surface area contributed by atoms with E-state index in [0.717, 1.165) is 37.7 Å². The molecule has 33 heavy (non-hydrogen) atoms. The molecule has 8 nitrogen and oxygen atoms in total. The number of nitrogens with zero attached hydrogens (tertiary/aromatic N) is 5. The Kier molecular flexibility index (Phi) is 6.81. The quantitative estimate of drug-likeness (QED) is 0.507. The van der Waals surface area contributed by atoms with Gasteiger partial charge in [-0.2, -0.15) is 0 Å². The fourth-order valence-electron chi connectivity index (χ4n) is 3.49. The van der Waals surface area contributed by atoms with Gasteiger partial charge in [-0.3, -0.25) is 9.71 Å². The largest absolute Gasteiger partial charge is 0.368 e. The molecule has 0 saturated carbocycles. The third-order valence-corrected chi connectivity index (χ3v) is 6.91. The first-order valence-electron chi connectivity index (χ1n) is 10.5. The topological polar surface area (TPSA) is 93.0 Å². The monoisotopic (exact) mass is 488 g/mol. The number of hydrogen-bond acceptors (Lipinski definition) is 6. The van der Waals surface area contributed by atoms with Crippen molar-refractivity contribution in [3.63, 3.8) is 0 Å². The molecule has 1 aliphatic heterocycles. The summed E-state index contributed by atoms with van der Waals surface area (Å²) in [6.45, 7) is 3.37. The minimum absolute atomic E-state index is 0.0734. The van der Waals surface area contributed by atoms with E-state index in [4.69, 9.17) is 11.6 Å². The molecule has 4 rings (SSSR count). The Hall–Kier alpha value is -3.16. The Morgan fingerprint density at radius 3 is 2.70 bits per heavy atom. The maximum atomic E-state index is 14.7. The summed E-state index contributed by atoms with van der Waals surface area (Å²) in [7, 11) is -3.60. The molecule has 0 atom stereocenters. The highest BCUT2D eigenvalue weighted by Gasteiger charge is 2.20. The van der Waals surface area contributed by atoms with E-state index >= 15 is 0 Å². The van der Waals surface area contributed by atoms with Gasteiger partial charge in [0.15, 0.2) is 5.82 Å². The molecule has 0 saturated heterocycles. The van der Waals surface area contributed by atoms with Gasteiger partial charge in [0.25, 0.3) is 0 Å². The van der Waals surface area contributed by atoms with Crippen molar-refractivity contribution in [2.24, 2.45) is 0 Å². The molecule has 3 heterocycles. The number of halogens is 2. The van der Waals surface area contributed by atoms with Gasteiger partial charge in [-0.25, -0.2) is 17.5 Å². The molecule has 0 bridgehead atoms. The van der Waals surface area contributed by atoms with Crippen LogP contribution >= 0.6 is 11.6 Å². The highest BCUT2D eigenvalue weighted by molar-refractivity contribution is 7.92. The van der Waals surface area contributed by atoms with Gasteiger partial charge in [-0.15, -0.1) is 16.9 Å². The molecular formula is C22H22ClFN6O2S. The Balaban J connectivity index is 1.64. The first-order valence-corrected chi connectivity index (χ1v) is 12.5. The Labute approximate surface area is 196 Å². The molecule has 11 heteroatoms. The highest BCUT2D eigenvalue weighted by Crippen LogP contribution is 2.32. The molecule has 1 aromatic carbocycles. The number of rotatable bonds is 7. The first kappa shape index (κ1) is 23.0. The van der Waals surface area contributed by atoms with Crippen molar-refractivity contribution in [3.8, 4) is 28.8 Å². The lowest BCUT2D eigenvalue weighted by Crippen LogP contribution is -2.24. The molecule has 0 aliphatic carbocycles.